The summed E-state index contributed by atoms with van der Waals surface area (Å²) in [6, 6.07) is 8.19. The van der Waals surface area contributed by atoms with E-state index >= 15 is 0 Å². The minimum Gasteiger partial charge on any atom is -0.206 e. The number of hydrogen-bond acceptors (Lipinski definition) is 1. The molecule has 0 aromatic heterocycles. The molecule has 1 nitrogen and oxygen atoms in total. The molecule has 0 amide bonds. The van der Waals surface area contributed by atoms with E-state index in [0.29, 0.717) is 23.3 Å². The Morgan fingerprint density at radius 2 is 1.59 bits per heavy atom. The van der Waals surface area contributed by atoms with Crippen molar-refractivity contribution in [3.63, 3.8) is 0 Å². The molecule has 2 saturated carbocycles. The van der Waals surface area contributed by atoms with Gasteiger partial charge in [-0.1, -0.05) is 12.1 Å². The monoisotopic (exact) mass is 395 g/mol. The van der Waals surface area contributed by atoms with Crippen LogP contribution in [-0.2, 0) is 0 Å². The number of allylic oxidation sites excluding steroid dienone is 1. The smallest absolute Gasteiger partial charge is 0.141 e. The third kappa shape index (κ3) is 3.83. The summed E-state index contributed by atoms with van der Waals surface area (Å²) < 4.78 is 43.6. The van der Waals surface area contributed by atoms with E-state index in [-0.39, 0.29) is 22.6 Å². The zero-order valence-electron chi connectivity index (χ0n) is 16.3. The van der Waals surface area contributed by atoms with Crippen molar-refractivity contribution in [1.29, 1.82) is 5.26 Å². The predicted octanol–water partition coefficient (Wildman–Crippen LogP) is 7.13. The molecular weight excluding hydrogens is 371 g/mol. The molecule has 0 radical (unpaired) electrons. The van der Waals surface area contributed by atoms with E-state index < -0.39 is 17.5 Å². The van der Waals surface area contributed by atoms with Crippen LogP contribution in [0, 0.1) is 46.5 Å². The second-order valence-electron chi connectivity index (χ2n) is 8.50. The van der Waals surface area contributed by atoms with Gasteiger partial charge in [0.1, 0.15) is 23.5 Å². The number of halogens is 3. The van der Waals surface area contributed by atoms with Crippen molar-refractivity contribution >= 4 is 0 Å². The second-order valence-corrected chi connectivity index (χ2v) is 8.50. The lowest BCUT2D eigenvalue weighted by molar-refractivity contribution is 0.133. The summed E-state index contributed by atoms with van der Waals surface area (Å²) in [4.78, 5) is 0. The van der Waals surface area contributed by atoms with Gasteiger partial charge < -0.3 is 0 Å². The van der Waals surface area contributed by atoms with Crippen molar-refractivity contribution in [2.45, 2.75) is 44.4 Å². The summed E-state index contributed by atoms with van der Waals surface area (Å²) in [6.45, 7) is 3.93. The summed E-state index contributed by atoms with van der Waals surface area (Å²) >= 11 is 0. The molecule has 0 N–H and O–H groups in total. The van der Waals surface area contributed by atoms with Gasteiger partial charge >= 0.3 is 0 Å². The molecule has 4 heteroatoms. The van der Waals surface area contributed by atoms with E-state index in [1.54, 1.807) is 6.07 Å². The maximum absolute atomic E-state index is 14.9. The maximum atomic E-state index is 14.9. The molecule has 2 aliphatic rings. The highest BCUT2D eigenvalue weighted by atomic mass is 19.1. The van der Waals surface area contributed by atoms with Crippen LogP contribution in [0.3, 0.4) is 0 Å². The van der Waals surface area contributed by atoms with Crippen molar-refractivity contribution < 1.29 is 13.2 Å². The lowest BCUT2D eigenvalue weighted by atomic mass is 9.64. The first-order valence-electron chi connectivity index (χ1n) is 10.3. The first-order chi connectivity index (χ1) is 14.0. The number of hydrogen-bond donors (Lipinski definition) is 0. The van der Waals surface area contributed by atoms with Gasteiger partial charge in [-0.2, -0.15) is 5.26 Å². The maximum Gasteiger partial charge on any atom is 0.141 e. The predicted molar refractivity (Wildman–Crippen MR) is 108 cm³/mol. The lowest BCUT2D eigenvalue weighted by Crippen LogP contribution is -2.30. The van der Waals surface area contributed by atoms with E-state index in [9.17, 15) is 13.2 Å². The van der Waals surface area contributed by atoms with Crippen LogP contribution < -0.4 is 0 Å². The zero-order valence-corrected chi connectivity index (χ0v) is 16.3. The Kier molecular flexibility index (Phi) is 5.50. The largest absolute Gasteiger partial charge is 0.206 e. The van der Waals surface area contributed by atoms with Crippen LogP contribution in [0.4, 0.5) is 13.2 Å². The molecule has 4 rings (SSSR count). The average Bonchev–Trinajstić information content (AvgIpc) is 2.72. The number of benzene rings is 2. The molecule has 0 heterocycles. The fraction of sp³-hybridized carbons (Fsp3) is 0.400. The molecular formula is C25H24F3N. The van der Waals surface area contributed by atoms with Crippen LogP contribution in [0.5, 0.6) is 0 Å². The number of rotatable bonds is 3. The zero-order chi connectivity index (χ0) is 20.5. The topological polar surface area (TPSA) is 23.8 Å². The second kappa shape index (κ2) is 8.06. The number of nitrogens with zero attached hydrogens (tertiary/aromatic N) is 1. The molecule has 0 bridgehead atoms. The van der Waals surface area contributed by atoms with E-state index in [2.05, 4.69) is 12.7 Å². The Balaban J connectivity index is 1.57. The van der Waals surface area contributed by atoms with Crippen molar-refractivity contribution in [1.82, 2.24) is 0 Å². The highest BCUT2D eigenvalue weighted by Gasteiger charge is 2.35. The van der Waals surface area contributed by atoms with Gasteiger partial charge in [-0.3, -0.25) is 0 Å². The highest BCUT2D eigenvalue weighted by Crippen LogP contribution is 2.48. The van der Waals surface area contributed by atoms with E-state index in [1.165, 1.54) is 30.7 Å². The Morgan fingerprint density at radius 3 is 2.24 bits per heavy atom. The van der Waals surface area contributed by atoms with Gasteiger partial charge in [0.05, 0.1) is 11.1 Å². The third-order valence-electron chi connectivity index (χ3n) is 6.90. The van der Waals surface area contributed by atoms with Crippen LogP contribution in [0.2, 0.25) is 0 Å². The molecule has 150 valence electrons. The fourth-order valence-electron chi connectivity index (χ4n) is 5.31. The van der Waals surface area contributed by atoms with Gasteiger partial charge in [0.25, 0.3) is 0 Å². The van der Waals surface area contributed by atoms with Crippen LogP contribution >= 0.6 is 0 Å². The summed E-state index contributed by atoms with van der Waals surface area (Å²) in [5.74, 6) is -0.0615. The number of nitriles is 1. The minimum atomic E-state index is -0.777. The molecule has 2 aromatic carbocycles. The average molecular weight is 395 g/mol. The van der Waals surface area contributed by atoms with Crippen molar-refractivity contribution in [3.8, 4) is 17.2 Å². The third-order valence-corrected chi connectivity index (χ3v) is 6.90. The molecule has 2 fully saturated rings. The first kappa shape index (κ1) is 19.8. The molecule has 4 unspecified atom stereocenters. The first-order valence-corrected chi connectivity index (χ1v) is 10.3. The van der Waals surface area contributed by atoms with Gasteiger partial charge in [-0.15, -0.1) is 6.58 Å². The van der Waals surface area contributed by atoms with E-state index in [4.69, 9.17) is 5.26 Å². The Hall–Kier alpha value is -2.54. The molecule has 0 spiro atoms. The van der Waals surface area contributed by atoms with Gasteiger partial charge in [0, 0.05) is 0 Å². The number of fused-ring (bicyclic) bond motifs is 1. The molecule has 0 saturated heterocycles. The Labute approximate surface area is 169 Å². The quantitative estimate of drug-likeness (QED) is 0.507. The molecule has 2 aliphatic carbocycles. The van der Waals surface area contributed by atoms with E-state index in [0.717, 1.165) is 38.2 Å². The summed E-state index contributed by atoms with van der Waals surface area (Å²) in [5, 5.41) is 8.84. The SMILES string of the molecule is C=CC1CCC2CC(c3cc(F)c(-c4ccc(C#N)c(F)c4)c(F)c3)CCC2C1. The molecule has 0 aliphatic heterocycles. The van der Waals surface area contributed by atoms with Crippen molar-refractivity contribution in [2.24, 2.45) is 17.8 Å². The normalized spacial score (nSPS) is 26.4. The van der Waals surface area contributed by atoms with Gasteiger partial charge in [0.2, 0.25) is 0 Å². The Morgan fingerprint density at radius 1 is 0.897 bits per heavy atom. The summed E-state index contributed by atoms with van der Waals surface area (Å²) in [6.07, 6.45) is 8.57. The molecule has 29 heavy (non-hydrogen) atoms. The Bertz CT molecular complexity index is 952. The summed E-state index contributed by atoms with van der Waals surface area (Å²) in [7, 11) is 0. The van der Waals surface area contributed by atoms with Gasteiger partial charge in [-0.05, 0) is 97.6 Å². The standard InChI is InChI=1S/C25H24F3N/c1-2-15-3-4-17-10-18(6-5-16(17)9-15)21-12-23(27)25(24(28)13-21)19-7-8-20(14-29)22(26)11-19/h2,7-8,11-13,15-18H,1,3-6,9-10H2. The minimum absolute atomic E-state index is 0.106. The van der Waals surface area contributed by atoms with Gasteiger partial charge in [0.15, 0.2) is 0 Å². The van der Waals surface area contributed by atoms with Crippen LogP contribution in [0.15, 0.2) is 43.0 Å². The summed E-state index contributed by atoms with van der Waals surface area (Å²) in [5.41, 5.74) is 0.420. The highest BCUT2D eigenvalue weighted by molar-refractivity contribution is 5.66. The van der Waals surface area contributed by atoms with Crippen LogP contribution in [0.25, 0.3) is 11.1 Å². The van der Waals surface area contributed by atoms with Crippen LogP contribution in [-0.4, -0.2) is 0 Å². The van der Waals surface area contributed by atoms with E-state index in [1.807, 2.05) is 0 Å². The molecule has 2 aromatic rings. The molecule has 4 atom stereocenters. The van der Waals surface area contributed by atoms with Crippen molar-refractivity contribution in [3.05, 3.63) is 71.6 Å². The van der Waals surface area contributed by atoms with Crippen molar-refractivity contribution in [2.75, 3.05) is 0 Å². The van der Waals surface area contributed by atoms with Gasteiger partial charge in [-0.25, -0.2) is 13.2 Å². The van der Waals surface area contributed by atoms with Crippen LogP contribution in [0.1, 0.15) is 55.6 Å². The fourth-order valence-corrected chi connectivity index (χ4v) is 5.31. The lowest BCUT2D eigenvalue weighted by Gasteiger charge is -2.41.